The Kier molecular flexibility index (Phi) is 6.13. The van der Waals surface area contributed by atoms with Crippen LogP contribution in [0.1, 0.15) is 33.3 Å². The van der Waals surface area contributed by atoms with Crippen molar-refractivity contribution in [3.05, 3.63) is 88.1 Å². The Balaban J connectivity index is 1.60. The van der Waals surface area contributed by atoms with Gasteiger partial charge in [0.1, 0.15) is 12.3 Å². The molecule has 0 spiro atoms. The second-order valence-corrected chi connectivity index (χ2v) is 8.23. The van der Waals surface area contributed by atoms with Crippen molar-refractivity contribution in [1.82, 2.24) is 9.91 Å². The lowest BCUT2D eigenvalue weighted by atomic mass is 9.98. The minimum atomic E-state index is -0.223. The van der Waals surface area contributed by atoms with Gasteiger partial charge < -0.3 is 9.64 Å². The number of hydrogen-bond acceptors (Lipinski definition) is 5. The van der Waals surface area contributed by atoms with Gasteiger partial charge in [-0.15, -0.1) is 11.3 Å². The Morgan fingerprint density at radius 2 is 1.94 bits per heavy atom. The van der Waals surface area contributed by atoms with Gasteiger partial charge in [-0.1, -0.05) is 48.5 Å². The third-order valence-corrected chi connectivity index (χ3v) is 6.06. The molecule has 1 aliphatic heterocycles. The van der Waals surface area contributed by atoms with E-state index in [1.165, 1.54) is 21.2 Å². The Hall–Kier alpha value is -3.45. The summed E-state index contributed by atoms with van der Waals surface area (Å²) in [5, 5.41) is 8.04. The number of methoxy groups -OCH3 is 1. The molecule has 3 aromatic rings. The summed E-state index contributed by atoms with van der Waals surface area (Å²) >= 11 is 1.36. The van der Waals surface area contributed by atoms with Crippen LogP contribution in [0.5, 0.6) is 5.75 Å². The zero-order valence-electron chi connectivity index (χ0n) is 17.4. The first-order valence-corrected chi connectivity index (χ1v) is 10.8. The SMILES string of the molecule is COc1cccc(C2=NN(C(=O)CN(C)C(=O)c3cccs3)[C@H](c3ccccc3)C2)c1. The number of carbonyl (C=O) groups excluding carboxylic acids is 2. The monoisotopic (exact) mass is 433 g/mol. The first kappa shape index (κ1) is 20.8. The van der Waals surface area contributed by atoms with Gasteiger partial charge in [-0.2, -0.15) is 5.10 Å². The highest BCUT2D eigenvalue weighted by atomic mass is 32.1. The molecule has 31 heavy (non-hydrogen) atoms. The first-order valence-electron chi connectivity index (χ1n) is 9.94. The fourth-order valence-electron chi connectivity index (χ4n) is 3.59. The number of carbonyl (C=O) groups is 2. The zero-order chi connectivity index (χ0) is 21.8. The number of ether oxygens (including phenoxy) is 1. The fourth-order valence-corrected chi connectivity index (χ4v) is 4.31. The Morgan fingerprint density at radius 1 is 1.13 bits per heavy atom. The largest absolute Gasteiger partial charge is 0.497 e. The van der Waals surface area contributed by atoms with E-state index < -0.39 is 0 Å². The molecule has 0 bridgehead atoms. The predicted molar refractivity (Wildman–Crippen MR) is 121 cm³/mol. The summed E-state index contributed by atoms with van der Waals surface area (Å²) in [6.45, 7) is -0.0467. The molecule has 2 amide bonds. The molecule has 0 radical (unpaired) electrons. The molecule has 2 aromatic carbocycles. The quantitative estimate of drug-likeness (QED) is 0.585. The summed E-state index contributed by atoms with van der Waals surface area (Å²) < 4.78 is 5.34. The van der Waals surface area contributed by atoms with Crippen molar-refractivity contribution >= 4 is 28.9 Å². The number of hydrazone groups is 1. The summed E-state index contributed by atoms with van der Waals surface area (Å²) in [4.78, 5) is 27.8. The highest BCUT2D eigenvalue weighted by Gasteiger charge is 2.34. The molecular weight excluding hydrogens is 410 g/mol. The van der Waals surface area contributed by atoms with Crippen LogP contribution in [-0.4, -0.2) is 48.1 Å². The predicted octanol–water partition coefficient (Wildman–Crippen LogP) is 4.21. The van der Waals surface area contributed by atoms with Crippen molar-refractivity contribution in [2.45, 2.75) is 12.5 Å². The second kappa shape index (κ2) is 9.14. The molecule has 6 nitrogen and oxygen atoms in total. The second-order valence-electron chi connectivity index (χ2n) is 7.29. The van der Waals surface area contributed by atoms with Crippen molar-refractivity contribution in [2.24, 2.45) is 5.10 Å². The van der Waals surface area contributed by atoms with E-state index in [0.29, 0.717) is 11.3 Å². The molecule has 2 heterocycles. The van der Waals surface area contributed by atoms with Gasteiger partial charge in [0.2, 0.25) is 0 Å². The van der Waals surface area contributed by atoms with Crippen LogP contribution in [0.15, 0.2) is 77.2 Å². The molecule has 0 saturated heterocycles. The lowest BCUT2D eigenvalue weighted by molar-refractivity contribution is -0.133. The van der Waals surface area contributed by atoms with E-state index in [-0.39, 0.29) is 24.4 Å². The van der Waals surface area contributed by atoms with E-state index in [2.05, 4.69) is 5.10 Å². The van der Waals surface area contributed by atoms with Crippen LogP contribution in [0.3, 0.4) is 0 Å². The molecule has 1 atom stereocenters. The van der Waals surface area contributed by atoms with Crippen LogP contribution in [0.25, 0.3) is 0 Å². The molecule has 0 fully saturated rings. The summed E-state index contributed by atoms with van der Waals surface area (Å²) in [6.07, 6.45) is 0.589. The number of rotatable bonds is 6. The van der Waals surface area contributed by atoms with Gasteiger partial charge in [-0.3, -0.25) is 9.59 Å². The summed E-state index contributed by atoms with van der Waals surface area (Å²) in [7, 11) is 3.26. The Morgan fingerprint density at radius 3 is 2.65 bits per heavy atom. The van der Waals surface area contributed by atoms with E-state index in [1.807, 2.05) is 66.0 Å². The third-order valence-electron chi connectivity index (χ3n) is 5.20. The van der Waals surface area contributed by atoms with E-state index in [0.717, 1.165) is 22.6 Å². The highest BCUT2D eigenvalue weighted by Crippen LogP contribution is 2.33. The summed E-state index contributed by atoms with van der Waals surface area (Å²) in [5.41, 5.74) is 2.73. The molecule has 0 N–H and O–H groups in total. The lowest BCUT2D eigenvalue weighted by Crippen LogP contribution is -2.39. The molecular formula is C24H23N3O3S. The van der Waals surface area contributed by atoms with Crippen LogP contribution < -0.4 is 4.74 Å². The zero-order valence-corrected chi connectivity index (χ0v) is 18.2. The van der Waals surface area contributed by atoms with Crippen molar-refractivity contribution in [3.8, 4) is 5.75 Å². The van der Waals surface area contributed by atoms with Crippen molar-refractivity contribution < 1.29 is 14.3 Å². The van der Waals surface area contributed by atoms with Crippen LogP contribution in [0, 0.1) is 0 Å². The van der Waals surface area contributed by atoms with Gasteiger partial charge in [0, 0.05) is 19.0 Å². The van der Waals surface area contributed by atoms with Gasteiger partial charge in [-0.05, 0) is 29.1 Å². The van der Waals surface area contributed by atoms with Gasteiger partial charge in [0.25, 0.3) is 11.8 Å². The van der Waals surface area contributed by atoms with Crippen LogP contribution in [0.2, 0.25) is 0 Å². The number of amides is 2. The van der Waals surface area contributed by atoms with E-state index >= 15 is 0 Å². The van der Waals surface area contributed by atoms with E-state index in [4.69, 9.17) is 4.74 Å². The molecule has 0 unspecified atom stereocenters. The average Bonchev–Trinajstić information content (AvgIpc) is 3.49. The molecule has 158 valence electrons. The Bertz CT molecular complexity index is 1100. The standard InChI is InChI=1S/C24H23N3O3S/c1-26(24(29)22-12-7-13-31-22)16-23(28)27-21(17-8-4-3-5-9-17)15-20(25-27)18-10-6-11-19(14-18)30-2/h3-14,21H,15-16H2,1-2H3/t21-/m0/s1. The number of benzene rings is 2. The Labute approximate surface area is 185 Å². The topological polar surface area (TPSA) is 62.2 Å². The van der Waals surface area contributed by atoms with Gasteiger partial charge in [0.05, 0.1) is 23.7 Å². The average molecular weight is 434 g/mol. The highest BCUT2D eigenvalue weighted by molar-refractivity contribution is 7.12. The van der Waals surface area contributed by atoms with E-state index in [1.54, 1.807) is 20.2 Å². The molecule has 7 heteroatoms. The van der Waals surface area contributed by atoms with Crippen molar-refractivity contribution in [2.75, 3.05) is 20.7 Å². The van der Waals surface area contributed by atoms with Crippen LogP contribution in [-0.2, 0) is 4.79 Å². The van der Waals surface area contributed by atoms with Crippen LogP contribution >= 0.6 is 11.3 Å². The van der Waals surface area contributed by atoms with Crippen molar-refractivity contribution in [1.29, 1.82) is 0 Å². The molecule has 0 saturated carbocycles. The van der Waals surface area contributed by atoms with Gasteiger partial charge >= 0.3 is 0 Å². The number of likely N-dealkylation sites (N-methyl/N-ethyl adjacent to an activating group) is 1. The minimum Gasteiger partial charge on any atom is -0.497 e. The molecule has 1 aromatic heterocycles. The van der Waals surface area contributed by atoms with Crippen LogP contribution in [0.4, 0.5) is 0 Å². The maximum atomic E-state index is 13.2. The van der Waals surface area contributed by atoms with Gasteiger partial charge in [0.15, 0.2) is 0 Å². The lowest BCUT2D eigenvalue weighted by Gasteiger charge is -2.24. The molecule has 0 aliphatic carbocycles. The summed E-state index contributed by atoms with van der Waals surface area (Å²) in [5.74, 6) is 0.345. The number of hydrogen-bond donors (Lipinski definition) is 0. The maximum absolute atomic E-state index is 13.2. The van der Waals surface area contributed by atoms with Crippen molar-refractivity contribution in [3.63, 3.8) is 0 Å². The molecule has 1 aliphatic rings. The molecule has 4 rings (SSSR count). The van der Waals surface area contributed by atoms with E-state index in [9.17, 15) is 9.59 Å². The number of nitrogens with zero attached hydrogens (tertiary/aromatic N) is 3. The normalized spacial score (nSPS) is 15.5. The fraction of sp³-hybridized carbons (Fsp3) is 0.208. The minimum absolute atomic E-state index is 0.0467. The summed E-state index contributed by atoms with van der Waals surface area (Å²) in [6, 6.07) is 20.9. The van der Waals surface area contributed by atoms with Gasteiger partial charge in [-0.25, -0.2) is 5.01 Å². The number of thiophene rings is 1. The first-order chi connectivity index (χ1) is 15.1. The maximum Gasteiger partial charge on any atom is 0.264 e. The smallest absolute Gasteiger partial charge is 0.264 e. The third kappa shape index (κ3) is 4.51.